The van der Waals surface area contributed by atoms with Crippen LogP contribution in [-0.2, 0) is 17.8 Å². The lowest BCUT2D eigenvalue weighted by Gasteiger charge is -2.08. The normalized spacial score (nSPS) is 14.7. The van der Waals surface area contributed by atoms with E-state index in [1.807, 2.05) is 10.8 Å². The summed E-state index contributed by atoms with van der Waals surface area (Å²) < 4.78 is 1.98. The van der Waals surface area contributed by atoms with Crippen LogP contribution >= 0.6 is 0 Å². The maximum absolute atomic E-state index is 10.6. The van der Waals surface area contributed by atoms with Crippen molar-refractivity contribution in [1.29, 1.82) is 0 Å². The Balaban J connectivity index is 2.54. The van der Waals surface area contributed by atoms with Gasteiger partial charge < -0.3 is 15.4 Å². The number of aromatic nitrogens is 2. The molecule has 0 saturated heterocycles. The maximum Gasteiger partial charge on any atom is 0.320 e. The molecule has 0 fully saturated rings. The molecule has 2 unspecified atom stereocenters. The van der Waals surface area contributed by atoms with Crippen LogP contribution in [0.1, 0.15) is 26.0 Å². The molecule has 0 amide bonds. The summed E-state index contributed by atoms with van der Waals surface area (Å²) in [5.74, 6) is -0.397. The van der Waals surface area contributed by atoms with Gasteiger partial charge in [0.1, 0.15) is 6.04 Å². The molecular formula is C11H19N3O2. The van der Waals surface area contributed by atoms with Crippen molar-refractivity contribution in [2.45, 2.75) is 39.3 Å². The van der Waals surface area contributed by atoms with Crippen molar-refractivity contribution in [3.05, 3.63) is 18.2 Å². The van der Waals surface area contributed by atoms with E-state index in [-0.39, 0.29) is 6.42 Å². The number of hydrogen-bond donors (Lipinski definition) is 2. The predicted octanol–water partition coefficient (Wildman–Crippen LogP) is 0.884. The summed E-state index contributed by atoms with van der Waals surface area (Å²) in [7, 11) is 0. The molecule has 0 spiro atoms. The average Bonchev–Trinajstić information content (AvgIpc) is 2.65. The molecule has 0 saturated carbocycles. The molecule has 0 aromatic carbocycles. The molecule has 1 aromatic heterocycles. The van der Waals surface area contributed by atoms with Crippen molar-refractivity contribution < 1.29 is 9.90 Å². The van der Waals surface area contributed by atoms with E-state index in [1.54, 1.807) is 6.33 Å². The Hall–Kier alpha value is -1.36. The van der Waals surface area contributed by atoms with Crippen LogP contribution < -0.4 is 5.73 Å². The lowest BCUT2D eigenvalue weighted by Crippen LogP contribution is -2.32. The third-order valence-electron chi connectivity index (χ3n) is 2.65. The Kier molecular flexibility index (Phi) is 4.49. The summed E-state index contributed by atoms with van der Waals surface area (Å²) in [4.78, 5) is 14.7. The van der Waals surface area contributed by atoms with Crippen LogP contribution in [0, 0.1) is 5.92 Å². The summed E-state index contributed by atoms with van der Waals surface area (Å²) in [6.07, 6.45) is 5.00. The molecule has 0 aliphatic rings. The Labute approximate surface area is 95.3 Å². The SMILES string of the molecule is CCC(C)Cn1cnc(CC(N)C(=O)O)c1. The smallest absolute Gasteiger partial charge is 0.320 e. The molecule has 3 N–H and O–H groups in total. The molecule has 90 valence electrons. The number of nitrogens with zero attached hydrogens (tertiary/aromatic N) is 2. The summed E-state index contributed by atoms with van der Waals surface area (Å²) in [5, 5.41) is 8.67. The number of imidazole rings is 1. The van der Waals surface area contributed by atoms with E-state index < -0.39 is 12.0 Å². The zero-order valence-electron chi connectivity index (χ0n) is 9.76. The molecule has 1 rings (SSSR count). The first-order valence-electron chi connectivity index (χ1n) is 5.52. The fourth-order valence-electron chi connectivity index (χ4n) is 1.41. The molecule has 2 atom stereocenters. The van der Waals surface area contributed by atoms with Crippen LogP contribution in [0.15, 0.2) is 12.5 Å². The van der Waals surface area contributed by atoms with Gasteiger partial charge in [0.25, 0.3) is 0 Å². The third kappa shape index (κ3) is 3.66. The topological polar surface area (TPSA) is 81.1 Å². The molecule has 0 radical (unpaired) electrons. The standard InChI is InChI=1S/C11H19N3O2/c1-3-8(2)5-14-6-9(13-7-14)4-10(12)11(15)16/h6-8,10H,3-5,12H2,1-2H3,(H,15,16). The summed E-state index contributed by atoms with van der Waals surface area (Å²) in [5.41, 5.74) is 6.17. The zero-order chi connectivity index (χ0) is 12.1. The first-order valence-corrected chi connectivity index (χ1v) is 5.52. The van der Waals surface area contributed by atoms with Crippen LogP contribution in [0.25, 0.3) is 0 Å². The van der Waals surface area contributed by atoms with Gasteiger partial charge >= 0.3 is 5.97 Å². The Morgan fingerprint density at radius 2 is 2.38 bits per heavy atom. The van der Waals surface area contributed by atoms with E-state index in [0.717, 1.165) is 18.7 Å². The van der Waals surface area contributed by atoms with Gasteiger partial charge in [-0.1, -0.05) is 20.3 Å². The summed E-state index contributed by atoms with van der Waals surface area (Å²) >= 11 is 0. The first-order chi connectivity index (χ1) is 7.52. The maximum atomic E-state index is 10.6. The van der Waals surface area contributed by atoms with Gasteiger partial charge in [-0.15, -0.1) is 0 Å². The number of aliphatic carboxylic acids is 1. The van der Waals surface area contributed by atoms with Crippen molar-refractivity contribution in [2.75, 3.05) is 0 Å². The van der Waals surface area contributed by atoms with Crippen molar-refractivity contribution >= 4 is 5.97 Å². The number of carboxylic acid groups (broad SMARTS) is 1. The number of hydrogen-bond acceptors (Lipinski definition) is 3. The second-order valence-electron chi connectivity index (χ2n) is 4.22. The van der Waals surface area contributed by atoms with Gasteiger partial charge in [0, 0.05) is 19.2 Å². The Bertz CT molecular complexity index is 349. The summed E-state index contributed by atoms with van der Waals surface area (Å²) in [6, 6.07) is -0.869. The van der Waals surface area contributed by atoms with Crippen molar-refractivity contribution in [1.82, 2.24) is 9.55 Å². The monoisotopic (exact) mass is 225 g/mol. The Morgan fingerprint density at radius 3 is 2.94 bits per heavy atom. The minimum atomic E-state index is -0.989. The minimum Gasteiger partial charge on any atom is -0.480 e. The largest absolute Gasteiger partial charge is 0.480 e. The van der Waals surface area contributed by atoms with Gasteiger partial charge in [0.15, 0.2) is 0 Å². The predicted molar refractivity (Wildman–Crippen MR) is 61.0 cm³/mol. The molecule has 0 bridgehead atoms. The van der Waals surface area contributed by atoms with Crippen LogP contribution in [-0.4, -0.2) is 26.7 Å². The lowest BCUT2D eigenvalue weighted by molar-refractivity contribution is -0.138. The van der Waals surface area contributed by atoms with E-state index in [2.05, 4.69) is 18.8 Å². The van der Waals surface area contributed by atoms with Gasteiger partial charge in [0.05, 0.1) is 12.0 Å². The second-order valence-corrected chi connectivity index (χ2v) is 4.22. The highest BCUT2D eigenvalue weighted by Crippen LogP contribution is 2.07. The quantitative estimate of drug-likeness (QED) is 0.753. The zero-order valence-corrected chi connectivity index (χ0v) is 9.76. The van der Waals surface area contributed by atoms with E-state index >= 15 is 0 Å². The highest BCUT2D eigenvalue weighted by molar-refractivity contribution is 5.73. The van der Waals surface area contributed by atoms with Crippen LogP contribution in [0.5, 0.6) is 0 Å². The van der Waals surface area contributed by atoms with Crippen LogP contribution in [0.4, 0.5) is 0 Å². The lowest BCUT2D eigenvalue weighted by atomic mass is 10.1. The molecule has 0 aliphatic carbocycles. The Morgan fingerprint density at radius 1 is 1.69 bits per heavy atom. The van der Waals surface area contributed by atoms with E-state index in [9.17, 15) is 4.79 Å². The number of carbonyl (C=O) groups is 1. The number of nitrogens with two attached hydrogens (primary N) is 1. The van der Waals surface area contributed by atoms with Crippen LogP contribution in [0.2, 0.25) is 0 Å². The van der Waals surface area contributed by atoms with E-state index in [0.29, 0.717) is 5.92 Å². The fourth-order valence-corrected chi connectivity index (χ4v) is 1.41. The third-order valence-corrected chi connectivity index (χ3v) is 2.65. The molecule has 5 heteroatoms. The van der Waals surface area contributed by atoms with Crippen molar-refractivity contribution in [2.24, 2.45) is 11.7 Å². The van der Waals surface area contributed by atoms with Crippen molar-refractivity contribution in [3.8, 4) is 0 Å². The number of carboxylic acids is 1. The van der Waals surface area contributed by atoms with Crippen molar-refractivity contribution in [3.63, 3.8) is 0 Å². The first kappa shape index (κ1) is 12.7. The van der Waals surface area contributed by atoms with Gasteiger partial charge in [-0.3, -0.25) is 4.79 Å². The van der Waals surface area contributed by atoms with Gasteiger partial charge in [-0.2, -0.15) is 0 Å². The second kappa shape index (κ2) is 5.65. The average molecular weight is 225 g/mol. The highest BCUT2D eigenvalue weighted by Gasteiger charge is 2.13. The molecule has 16 heavy (non-hydrogen) atoms. The highest BCUT2D eigenvalue weighted by atomic mass is 16.4. The van der Waals surface area contributed by atoms with E-state index in [4.69, 9.17) is 10.8 Å². The van der Waals surface area contributed by atoms with Gasteiger partial charge in [0.2, 0.25) is 0 Å². The molecular weight excluding hydrogens is 206 g/mol. The van der Waals surface area contributed by atoms with E-state index in [1.165, 1.54) is 0 Å². The van der Waals surface area contributed by atoms with Gasteiger partial charge in [-0.05, 0) is 5.92 Å². The molecule has 1 heterocycles. The number of rotatable bonds is 6. The summed E-state index contributed by atoms with van der Waals surface area (Å²) in [6.45, 7) is 5.22. The fraction of sp³-hybridized carbons (Fsp3) is 0.636. The molecule has 5 nitrogen and oxygen atoms in total. The van der Waals surface area contributed by atoms with Crippen LogP contribution in [0.3, 0.4) is 0 Å². The molecule has 1 aromatic rings. The minimum absolute atomic E-state index is 0.281. The molecule has 0 aliphatic heterocycles. The van der Waals surface area contributed by atoms with Gasteiger partial charge in [-0.25, -0.2) is 4.98 Å².